The summed E-state index contributed by atoms with van der Waals surface area (Å²) >= 11 is 1.13. The van der Waals surface area contributed by atoms with E-state index in [2.05, 4.69) is 26.0 Å². The third-order valence-electron chi connectivity index (χ3n) is 3.36. The third kappa shape index (κ3) is 5.86. The zero-order valence-corrected chi connectivity index (χ0v) is 15.4. The molecule has 0 aliphatic heterocycles. The molecule has 0 aliphatic rings. The summed E-state index contributed by atoms with van der Waals surface area (Å²) in [6.07, 6.45) is 0. The maximum absolute atomic E-state index is 11.3. The Morgan fingerprint density at radius 1 is 0.778 bits per heavy atom. The van der Waals surface area contributed by atoms with E-state index in [1.165, 1.54) is 6.92 Å². The van der Waals surface area contributed by atoms with Crippen LogP contribution in [0.15, 0.2) is 104 Å². The van der Waals surface area contributed by atoms with Crippen LogP contribution >= 0.6 is 11.8 Å². The molecule has 27 heavy (non-hydrogen) atoms. The molecule has 3 aromatic carbocycles. The largest absolute Gasteiger partial charge is 0.287 e. The smallest absolute Gasteiger partial charge is 0.190 e. The quantitative estimate of drug-likeness (QED) is 0.291. The van der Waals surface area contributed by atoms with Crippen molar-refractivity contribution in [1.29, 1.82) is 0 Å². The number of nitrogens with one attached hydrogen (secondary N) is 1. The fourth-order valence-corrected chi connectivity index (χ4v) is 2.80. The molecule has 0 fully saturated rings. The fourth-order valence-electron chi connectivity index (χ4n) is 2.13. The molecule has 0 saturated heterocycles. The molecule has 0 unspecified atom stereocenters. The van der Waals surface area contributed by atoms with E-state index < -0.39 is 0 Å². The number of hydrogen-bond acceptors (Lipinski definition) is 6. The lowest BCUT2D eigenvalue weighted by atomic mass is 10.3. The molecule has 134 valence electrons. The Bertz CT molecular complexity index is 956. The first-order valence-electron chi connectivity index (χ1n) is 8.22. The highest BCUT2D eigenvalue weighted by molar-refractivity contribution is 8.13. The van der Waals surface area contributed by atoms with Crippen molar-refractivity contribution in [3.05, 3.63) is 78.9 Å². The zero-order chi connectivity index (χ0) is 18.9. The predicted octanol–water partition coefficient (Wildman–Crippen LogP) is 6.85. The van der Waals surface area contributed by atoms with Crippen LogP contribution in [0.3, 0.4) is 0 Å². The van der Waals surface area contributed by atoms with Crippen molar-refractivity contribution in [3.63, 3.8) is 0 Å². The summed E-state index contributed by atoms with van der Waals surface area (Å²) in [5, 5.41) is 16.5. The van der Waals surface area contributed by atoms with Gasteiger partial charge >= 0.3 is 0 Å². The maximum Gasteiger partial charge on any atom is 0.190 e. The average Bonchev–Trinajstić information content (AvgIpc) is 2.69. The molecule has 0 amide bonds. The number of thioether (sulfide) groups is 1. The van der Waals surface area contributed by atoms with Crippen molar-refractivity contribution < 1.29 is 4.79 Å². The number of benzene rings is 3. The van der Waals surface area contributed by atoms with Gasteiger partial charge in [0.25, 0.3) is 0 Å². The molecule has 0 spiro atoms. The van der Waals surface area contributed by atoms with E-state index in [1.54, 1.807) is 0 Å². The van der Waals surface area contributed by atoms with Crippen LogP contribution in [0.4, 0.5) is 22.7 Å². The Morgan fingerprint density at radius 3 is 2.11 bits per heavy atom. The summed E-state index contributed by atoms with van der Waals surface area (Å²) in [6.45, 7) is 1.52. The minimum Gasteiger partial charge on any atom is -0.287 e. The van der Waals surface area contributed by atoms with Gasteiger partial charge in [0.15, 0.2) is 5.12 Å². The van der Waals surface area contributed by atoms with Crippen molar-refractivity contribution >= 4 is 39.6 Å². The van der Waals surface area contributed by atoms with Gasteiger partial charge in [0, 0.05) is 11.8 Å². The lowest BCUT2D eigenvalue weighted by molar-refractivity contribution is -0.109. The second-order valence-electron chi connectivity index (χ2n) is 5.46. The Labute approximate surface area is 161 Å². The molecule has 1 N–H and O–H groups in total. The number of hydrogen-bond donors (Lipinski definition) is 1. The number of anilines is 1. The molecule has 0 heterocycles. The molecular formula is C20H17N5OS. The highest BCUT2D eigenvalue weighted by Crippen LogP contribution is 2.30. The van der Waals surface area contributed by atoms with Gasteiger partial charge in [-0.05, 0) is 60.3 Å². The second-order valence-corrected chi connectivity index (χ2v) is 6.67. The lowest BCUT2D eigenvalue weighted by Gasteiger charge is -2.02. The first-order chi connectivity index (χ1) is 13.2. The van der Waals surface area contributed by atoms with E-state index in [9.17, 15) is 4.79 Å². The molecule has 6 nitrogen and oxygen atoms in total. The van der Waals surface area contributed by atoms with Gasteiger partial charge in [-0.15, -0.1) is 5.11 Å². The monoisotopic (exact) mass is 375 g/mol. The first kappa shape index (κ1) is 18.5. The van der Waals surface area contributed by atoms with Crippen LogP contribution in [0.1, 0.15) is 6.92 Å². The molecule has 7 heteroatoms. The van der Waals surface area contributed by atoms with Gasteiger partial charge in [-0.1, -0.05) is 35.6 Å². The molecule has 0 atom stereocenters. The molecule has 0 saturated carbocycles. The molecule has 0 aliphatic carbocycles. The van der Waals surface area contributed by atoms with E-state index >= 15 is 0 Å². The van der Waals surface area contributed by atoms with Crippen molar-refractivity contribution in [2.24, 2.45) is 20.6 Å². The normalized spacial score (nSPS) is 11.1. The van der Waals surface area contributed by atoms with Crippen molar-refractivity contribution in [3.8, 4) is 0 Å². The second kappa shape index (κ2) is 9.40. The van der Waals surface area contributed by atoms with Gasteiger partial charge in [-0.2, -0.15) is 10.2 Å². The summed E-state index contributed by atoms with van der Waals surface area (Å²) in [5.41, 5.74) is 5.82. The predicted molar refractivity (Wildman–Crippen MR) is 108 cm³/mol. The Morgan fingerprint density at radius 2 is 1.41 bits per heavy atom. The van der Waals surface area contributed by atoms with Gasteiger partial charge in [0.1, 0.15) is 5.69 Å². The summed E-state index contributed by atoms with van der Waals surface area (Å²) in [6, 6.07) is 24.3. The molecule has 3 rings (SSSR count). The number of azo groups is 1. The molecule has 0 radical (unpaired) electrons. The summed E-state index contributed by atoms with van der Waals surface area (Å²) in [4.78, 5) is 12.1. The van der Waals surface area contributed by atoms with Gasteiger partial charge in [0.2, 0.25) is 0 Å². The van der Waals surface area contributed by atoms with E-state index in [-0.39, 0.29) is 5.12 Å². The van der Waals surface area contributed by atoms with E-state index in [1.807, 2.05) is 78.9 Å². The Balaban J connectivity index is 1.61. The number of nitrogens with zero attached hydrogens (tertiary/aromatic N) is 4. The van der Waals surface area contributed by atoms with Gasteiger partial charge in [0.05, 0.1) is 17.1 Å². The third-order valence-corrected chi connectivity index (χ3v) is 4.21. The maximum atomic E-state index is 11.3. The van der Waals surface area contributed by atoms with E-state index in [0.717, 1.165) is 33.7 Å². The Kier molecular flexibility index (Phi) is 6.43. The van der Waals surface area contributed by atoms with Crippen LogP contribution in [0.25, 0.3) is 0 Å². The van der Waals surface area contributed by atoms with Crippen LogP contribution < -0.4 is 5.43 Å². The van der Waals surface area contributed by atoms with Crippen LogP contribution in [0.2, 0.25) is 0 Å². The van der Waals surface area contributed by atoms with Gasteiger partial charge < -0.3 is 0 Å². The number of carbonyl (C=O) groups is 1. The SMILES string of the molecule is CC(=O)Sc1ccccc1N=NNc1ccc(N=Nc2ccccc2)cc1. The summed E-state index contributed by atoms with van der Waals surface area (Å²) in [7, 11) is 0. The van der Waals surface area contributed by atoms with Gasteiger partial charge in [-0.25, -0.2) is 0 Å². The summed E-state index contributed by atoms with van der Waals surface area (Å²) < 4.78 is 0. The van der Waals surface area contributed by atoms with Crippen molar-refractivity contribution in [2.45, 2.75) is 11.8 Å². The zero-order valence-electron chi connectivity index (χ0n) is 14.6. The number of carbonyl (C=O) groups excluding carboxylic acids is 1. The average molecular weight is 375 g/mol. The molecular weight excluding hydrogens is 358 g/mol. The van der Waals surface area contributed by atoms with E-state index in [4.69, 9.17) is 0 Å². The van der Waals surface area contributed by atoms with Gasteiger partial charge in [-0.3, -0.25) is 10.2 Å². The van der Waals surface area contributed by atoms with Crippen molar-refractivity contribution in [1.82, 2.24) is 0 Å². The minimum absolute atomic E-state index is 0.00543. The lowest BCUT2D eigenvalue weighted by Crippen LogP contribution is -1.86. The highest BCUT2D eigenvalue weighted by Gasteiger charge is 2.04. The highest BCUT2D eigenvalue weighted by atomic mass is 32.2. The molecule has 0 bridgehead atoms. The topological polar surface area (TPSA) is 78.5 Å². The van der Waals surface area contributed by atoms with Crippen LogP contribution in [-0.2, 0) is 4.79 Å². The van der Waals surface area contributed by atoms with E-state index in [0.29, 0.717) is 5.69 Å². The molecule has 0 aromatic heterocycles. The Hall–Kier alpha value is -3.32. The fraction of sp³-hybridized carbons (Fsp3) is 0.0500. The number of rotatable bonds is 6. The van der Waals surface area contributed by atoms with Crippen molar-refractivity contribution in [2.75, 3.05) is 5.43 Å². The van der Waals surface area contributed by atoms with Crippen LogP contribution in [0, 0.1) is 0 Å². The standard InChI is InChI=1S/C20H17N5OS/c1-15(26)27-20-10-6-5-9-19(20)24-25-23-18-13-11-17(12-14-18)22-21-16-7-3-2-4-8-16/h2-14H,1H3,(H,23,24). The van der Waals surface area contributed by atoms with Crippen LogP contribution in [-0.4, -0.2) is 5.12 Å². The van der Waals surface area contributed by atoms with Crippen LogP contribution in [0.5, 0.6) is 0 Å². The first-order valence-corrected chi connectivity index (χ1v) is 9.03. The minimum atomic E-state index is 0.00543. The molecule has 3 aromatic rings. The summed E-state index contributed by atoms with van der Waals surface area (Å²) in [5.74, 6) is 0.